The van der Waals surface area contributed by atoms with Crippen molar-refractivity contribution in [2.24, 2.45) is 0 Å². The third-order valence-corrected chi connectivity index (χ3v) is 4.77. The summed E-state index contributed by atoms with van der Waals surface area (Å²) < 4.78 is 0. The Morgan fingerprint density at radius 2 is 1.60 bits per heavy atom. The molecule has 1 saturated heterocycles. The topological polar surface area (TPSA) is 15.3 Å². The number of anilines is 1. The van der Waals surface area contributed by atoms with Crippen molar-refractivity contribution in [3.05, 3.63) is 28.2 Å². The lowest BCUT2D eigenvalue weighted by atomic mass is 9.79. The molecule has 1 heterocycles. The third-order valence-electron chi connectivity index (χ3n) is 4.03. The molecule has 1 aliphatic rings. The summed E-state index contributed by atoms with van der Waals surface area (Å²) >= 11 is 12.1. The van der Waals surface area contributed by atoms with Crippen molar-refractivity contribution in [2.75, 3.05) is 11.9 Å². The molecular weight excluding hydrogens is 291 g/mol. The van der Waals surface area contributed by atoms with E-state index in [1.165, 1.54) is 0 Å². The molecule has 0 atom stereocenters. The first-order valence-corrected chi connectivity index (χ1v) is 7.82. The van der Waals surface area contributed by atoms with E-state index in [0.29, 0.717) is 16.1 Å². The van der Waals surface area contributed by atoms with Crippen LogP contribution >= 0.6 is 23.2 Å². The van der Waals surface area contributed by atoms with Crippen molar-refractivity contribution in [1.29, 1.82) is 0 Å². The van der Waals surface area contributed by atoms with E-state index in [1.807, 2.05) is 18.2 Å². The van der Waals surface area contributed by atoms with Crippen molar-refractivity contribution in [3.8, 4) is 0 Å². The fourth-order valence-corrected chi connectivity index (χ4v) is 3.75. The zero-order valence-electron chi connectivity index (χ0n) is 12.9. The second-order valence-electron chi connectivity index (χ2n) is 7.16. The number of nitrogens with one attached hydrogen (secondary N) is 1. The summed E-state index contributed by atoms with van der Waals surface area (Å²) in [7, 11) is 2.14. The van der Waals surface area contributed by atoms with E-state index in [1.54, 1.807) is 0 Å². The van der Waals surface area contributed by atoms with Gasteiger partial charge in [-0.15, -0.1) is 0 Å². The van der Waals surface area contributed by atoms with E-state index in [2.05, 4.69) is 45.0 Å². The van der Waals surface area contributed by atoms with Gasteiger partial charge in [0.1, 0.15) is 0 Å². The first-order valence-electron chi connectivity index (χ1n) is 7.07. The minimum atomic E-state index is 0.136. The Kier molecular flexibility index (Phi) is 4.30. The van der Waals surface area contributed by atoms with Gasteiger partial charge in [0.2, 0.25) is 0 Å². The largest absolute Gasteiger partial charge is 0.371 e. The van der Waals surface area contributed by atoms with Gasteiger partial charge >= 0.3 is 0 Å². The van der Waals surface area contributed by atoms with Crippen molar-refractivity contribution < 1.29 is 0 Å². The number of halogens is 2. The number of rotatable bonds is 2. The molecule has 1 aliphatic heterocycles. The number of nitrogens with zero attached hydrogens (tertiary/aromatic N) is 1. The molecular formula is C16H24Cl2N2. The zero-order valence-corrected chi connectivity index (χ0v) is 14.4. The molecule has 112 valence electrons. The Morgan fingerprint density at radius 3 is 2.10 bits per heavy atom. The standard InChI is InChI=1S/C16H24Cl2N2/c1-15(2)9-12(10-16(3,4)19-15)20(5)11-6-7-13(17)14(18)8-11/h6-8,12,19H,9-10H2,1-5H3. The summed E-state index contributed by atoms with van der Waals surface area (Å²) in [6.45, 7) is 9.07. The normalized spacial score (nSPS) is 21.8. The summed E-state index contributed by atoms with van der Waals surface area (Å²) in [6.07, 6.45) is 2.21. The van der Waals surface area contributed by atoms with Crippen LogP contribution < -0.4 is 10.2 Å². The van der Waals surface area contributed by atoms with Crippen LogP contribution in [0.15, 0.2) is 18.2 Å². The van der Waals surface area contributed by atoms with Crippen molar-refractivity contribution in [1.82, 2.24) is 5.32 Å². The molecule has 0 aliphatic carbocycles. The van der Waals surface area contributed by atoms with E-state index in [-0.39, 0.29) is 11.1 Å². The van der Waals surface area contributed by atoms with Crippen LogP contribution in [0.2, 0.25) is 10.0 Å². The number of hydrogen-bond acceptors (Lipinski definition) is 2. The highest BCUT2D eigenvalue weighted by Crippen LogP contribution is 2.34. The molecule has 1 aromatic carbocycles. The Hall–Kier alpha value is -0.440. The number of benzene rings is 1. The van der Waals surface area contributed by atoms with E-state index in [0.717, 1.165) is 18.5 Å². The van der Waals surface area contributed by atoms with Gasteiger partial charge in [0.15, 0.2) is 0 Å². The maximum atomic E-state index is 6.14. The Morgan fingerprint density at radius 1 is 1.05 bits per heavy atom. The van der Waals surface area contributed by atoms with Crippen LogP contribution in [0, 0.1) is 0 Å². The van der Waals surface area contributed by atoms with Crippen LogP contribution in [-0.2, 0) is 0 Å². The van der Waals surface area contributed by atoms with Gasteiger partial charge < -0.3 is 10.2 Å². The van der Waals surface area contributed by atoms with Crippen LogP contribution in [-0.4, -0.2) is 24.2 Å². The molecule has 0 unspecified atom stereocenters. The Balaban J connectivity index is 2.23. The van der Waals surface area contributed by atoms with E-state index in [9.17, 15) is 0 Å². The second-order valence-corrected chi connectivity index (χ2v) is 7.98. The molecule has 1 N–H and O–H groups in total. The maximum absolute atomic E-state index is 6.14. The minimum absolute atomic E-state index is 0.136. The third kappa shape index (κ3) is 3.60. The van der Waals surface area contributed by atoms with Crippen molar-refractivity contribution in [3.63, 3.8) is 0 Å². The van der Waals surface area contributed by atoms with Crippen molar-refractivity contribution >= 4 is 28.9 Å². The molecule has 1 fully saturated rings. The van der Waals surface area contributed by atoms with Crippen LogP contribution in [0.4, 0.5) is 5.69 Å². The van der Waals surface area contributed by atoms with Gasteiger partial charge in [-0.25, -0.2) is 0 Å². The molecule has 0 spiro atoms. The average molecular weight is 315 g/mol. The smallest absolute Gasteiger partial charge is 0.0612 e. The summed E-state index contributed by atoms with van der Waals surface area (Å²) in [4.78, 5) is 2.33. The van der Waals surface area contributed by atoms with Gasteiger partial charge in [0.25, 0.3) is 0 Å². The van der Waals surface area contributed by atoms with Gasteiger partial charge in [-0.05, 0) is 58.7 Å². The molecule has 0 radical (unpaired) electrons. The average Bonchev–Trinajstić information content (AvgIpc) is 2.27. The summed E-state index contributed by atoms with van der Waals surface area (Å²) in [6, 6.07) is 6.34. The minimum Gasteiger partial charge on any atom is -0.371 e. The first kappa shape index (κ1) is 15.9. The van der Waals surface area contributed by atoms with E-state index in [4.69, 9.17) is 23.2 Å². The molecule has 20 heavy (non-hydrogen) atoms. The highest BCUT2D eigenvalue weighted by atomic mass is 35.5. The quantitative estimate of drug-likeness (QED) is 0.848. The fraction of sp³-hybridized carbons (Fsp3) is 0.625. The molecule has 0 saturated carbocycles. The van der Waals surface area contributed by atoms with Crippen LogP contribution in [0.1, 0.15) is 40.5 Å². The SMILES string of the molecule is CN(c1ccc(Cl)c(Cl)c1)C1CC(C)(C)NC(C)(C)C1. The molecule has 4 heteroatoms. The van der Waals surface area contributed by atoms with Crippen LogP contribution in [0.25, 0.3) is 0 Å². The number of hydrogen-bond donors (Lipinski definition) is 1. The van der Waals surface area contributed by atoms with E-state index >= 15 is 0 Å². The highest BCUT2D eigenvalue weighted by Gasteiger charge is 2.39. The molecule has 0 bridgehead atoms. The molecule has 2 rings (SSSR count). The first-order chi connectivity index (χ1) is 9.10. The summed E-state index contributed by atoms with van der Waals surface area (Å²) in [5, 5.41) is 4.94. The van der Waals surface area contributed by atoms with Gasteiger partial charge in [-0.3, -0.25) is 0 Å². The lowest BCUT2D eigenvalue weighted by molar-refractivity contribution is 0.161. The number of piperidine rings is 1. The second kappa shape index (κ2) is 5.40. The molecule has 0 aromatic heterocycles. The van der Waals surface area contributed by atoms with Gasteiger partial charge in [0, 0.05) is 29.9 Å². The van der Waals surface area contributed by atoms with Crippen LogP contribution in [0.3, 0.4) is 0 Å². The Labute approximate surface area is 132 Å². The van der Waals surface area contributed by atoms with E-state index < -0.39 is 0 Å². The molecule has 2 nitrogen and oxygen atoms in total. The summed E-state index contributed by atoms with van der Waals surface area (Å²) in [5.74, 6) is 0. The highest BCUT2D eigenvalue weighted by molar-refractivity contribution is 6.42. The maximum Gasteiger partial charge on any atom is 0.0612 e. The van der Waals surface area contributed by atoms with Gasteiger partial charge in [-0.1, -0.05) is 23.2 Å². The monoisotopic (exact) mass is 314 g/mol. The van der Waals surface area contributed by atoms with Crippen molar-refractivity contribution in [2.45, 2.75) is 57.7 Å². The Bertz CT molecular complexity index is 481. The van der Waals surface area contributed by atoms with Gasteiger partial charge in [-0.2, -0.15) is 0 Å². The van der Waals surface area contributed by atoms with Gasteiger partial charge in [0.05, 0.1) is 10.0 Å². The predicted octanol–water partition coefficient (Wildman–Crippen LogP) is 4.74. The zero-order chi connectivity index (χ0) is 15.1. The molecule has 0 amide bonds. The van der Waals surface area contributed by atoms with Crippen LogP contribution in [0.5, 0.6) is 0 Å². The summed E-state index contributed by atoms with van der Waals surface area (Å²) in [5.41, 5.74) is 1.39. The molecule has 1 aromatic rings. The lowest BCUT2D eigenvalue weighted by Crippen LogP contribution is -2.61. The fourth-order valence-electron chi connectivity index (χ4n) is 3.46. The predicted molar refractivity (Wildman–Crippen MR) is 89.2 cm³/mol. The lowest BCUT2D eigenvalue weighted by Gasteiger charge is -2.49.